The van der Waals surface area contributed by atoms with Crippen LogP contribution in [0.5, 0.6) is 0 Å². The predicted molar refractivity (Wildman–Crippen MR) is 120 cm³/mol. The van der Waals surface area contributed by atoms with E-state index in [9.17, 15) is 39.6 Å². The summed E-state index contributed by atoms with van der Waals surface area (Å²) in [6.45, 7) is 3.92. The maximum atomic E-state index is 13.5. The van der Waals surface area contributed by atoms with Crippen LogP contribution in [0.2, 0.25) is 0 Å². The predicted octanol–water partition coefficient (Wildman–Crippen LogP) is 4.59. The molecule has 0 unspecified atom stereocenters. The molecular formula is C23H30F6N2O4S. The third-order valence-electron chi connectivity index (χ3n) is 6.96. The van der Waals surface area contributed by atoms with Gasteiger partial charge in [0.1, 0.15) is 0 Å². The Morgan fingerprint density at radius 1 is 1.00 bits per heavy atom. The van der Waals surface area contributed by atoms with Gasteiger partial charge in [0.05, 0.1) is 16.9 Å². The summed E-state index contributed by atoms with van der Waals surface area (Å²) in [6, 6.07) is 1.07. The number of hydrogen-bond donors (Lipinski definition) is 0. The summed E-state index contributed by atoms with van der Waals surface area (Å²) in [5.41, 5.74) is -4.42. The molecule has 2 aliphatic rings. The maximum absolute atomic E-state index is 13.5. The number of carbonyl (C=O) groups is 1. The van der Waals surface area contributed by atoms with Crippen LogP contribution in [0.1, 0.15) is 60.5 Å². The van der Waals surface area contributed by atoms with Gasteiger partial charge in [-0.2, -0.15) is 30.6 Å². The lowest BCUT2D eigenvalue weighted by molar-refractivity contribution is -0.143. The van der Waals surface area contributed by atoms with Crippen LogP contribution in [-0.4, -0.2) is 74.1 Å². The fourth-order valence-electron chi connectivity index (χ4n) is 4.98. The molecule has 0 amide bonds. The summed E-state index contributed by atoms with van der Waals surface area (Å²) in [6.07, 6.45) is -8.67. The van der Waals surface area contributed by atoms with E-state index in [-0.39, 0.29) is 37.8 Å². The van der Waals surface area contributed by atoms with Crippen LogP contribution in [0.25, 0.3) is 0 Å². The van der Waals surface area contributed by atoms with Crippen molar-refractivity contribution in [3.05, 3.63) is 34.9 Å². The molecule has 0 aromatic heterocycles. The monoisotopic (exact) mass is 544 g/mol. The van der Waals surface area contributed by atoms with Gasteiger partial charge in [-0.25, -0.2) is 8.42 Å². The Morgan fingerprint density at radius 3 is 2.14 bits per heavy atom. The third kappa shape index (κ3) is 6.59. The quantitative estimate of drug-likeness (QED) is 0.354. The molecule has 0 saturated carbocycles. The molecule has 3 rings (SSSR count). The molecule has 1 aromatic rings. The van der Waals surface area contributed by atoms with Crippen molar-refractivity contribution in [2.24, 2.45) is 0 Å². The highest BCUT2D eigenvalue weighted by molar-refractivity contribution is 7.89. The molecule has 2 aliphatic heterocycles. The standard InChI is InChI=1S/C23H30F6N2O4S/c1-2-15-36(33,34)31-11-9-30(10-12-31)21(7-13-35-14-8-21)6-5-20(32)18-4-3-17(22(24,25)26)16-19(18)23(27,28)29/h3-4,16H,2,5-15H2,1H3. The highest BCUT2D eigenvalue weighted by atomic mass is 32.2. The molecule has 0 bridgehead atoms. The largest absolute Gasteiger partial charge is 0.417 e. The Kier molecular flexibility index (Phi) is 8.79. The van der Waals surface area contributed by atoms with Crippen LogP contribution >= 0.6 is 0 Å². The van der Waals surface area contributed by atoms with Crippen LogP contribution in [0, 0.1) is 0 Å². The van der Waals surface area contributed by atoms with E-state index in [1.165, 1.54) is 4.31 Å². The number of ether oxygens (including phenoxy) is 1. The number of ketones is 1. The van der Waals surface area contributed by atoms with Crippen molar-refractivity contribution in [1.82, 2.24) is 9.21 Å². The number of rotatable bonds is 8. The van der Waals surface area contributed by atoms with Crippen LogP contribution < -0.4 is 0 Å². The molecule has 1 aromatic carbocycles. The minimum atomic E-state index is -5.12. The van der Waals surface area contributed by atoms with Gasteiger partial charge < -0.3 is 4.74 Å². The van der Waals surface area contributed by atoms with Gasteiger partial charge in [-0.1, -0.05) is 13.0 Å². The third-order valence-corrected chi connectivity index (χ3v) is 9.03. The maximum Gasteiger partial charge on any atom is 0.417 e. The first-order chi connectivity index (χ1) is 16.7. The SMILES string of the molecule is CCCS(=O)(=O)N1CCN(C2(CCC(=O)c3ccc(C(F)(F)F)cc3C(F)(F)F)CCOCC2)CC1. The number of hydrogen-bond acceptors (Lipinski definition) is 5. The molecule has 2 heterocycles. The van der Waals surface area contributed by atoms with Crippen molar-refractivity contribution in [2.45, 2.75) is 56.9 Å². The van der Waals surface area contributed by atoms with E-state index in [0.29, 0.717) is 57.7 Å². The number of carbonyl (C=O) groups excluding carboxylic acids is 1. The summed E-state index contributed by atoms with van der Waals surface area (Å²) in [4.78, 5) is 15.0. The zero-order valence-electron chi connectivity index (χ0n) is 19.9. The first kappa shape index (κ1) is 28.9. The zero-order chi connectivity index (χ0) is 26.8. The number of halogens is 6. The van der Waals surface area contributed by atoms with Crippen molar-refractivity contribution in [1.29, 1.82) is 0 Å². The Morgan fingerprint density at radius 2 is 1.61 bits per heavy atom. The second kappa shape index (κ2) is 11.0. The number of nitrogens with zero attached hydrogens (tertiary/aromatic N) is 2. The number of benzene rings is 1. The van der Waals surface area contributed by atoms with E-state index in [1.54, 1.807) is 6.92 Å². The Labute approximate surface area is 206 Å². The van der Waals surface area contributed by atoms with Gasteiger partial charge in [-0.3, -0.25) is 9.69 Å². The van der Waals surface area contributed by atoms with Gasteiger partial charge in [-0.05, 0) is 37.8 Å². The van der Waals surface area contributed by atoms with Crippen LogP contribution in [0.15, 0.2) is 18.2 Å². The number of Topliss-reactive ketones (excluding diaryl/α,β-unsaturated/α-hetero) is 1. The molecule has 36 heavy (non-hydrogen) atoms. The molecule has 0 N–H and O–H groups in total. The molecule has 0 radical (unpaired) electrons. The Balaban J connectivity index is 1.77. The summed E-state index contributed by atoms with van der Waals surface area (Å²) in [7, 11) is -3.36. The van der Waals surface area contributed by atoms with Gasteiger partial charge >= 0.3 is 12.4 Å². The van der Waals surface area contributed by atoms with Gasteiger partial charge in [0.15, 0.2) is 5.78 Å². The number of piperazine rings is 1. The van der Waals surface area contributed by atoms with Crippen molar-refractivity contribution >= 4 is 15.8 Å². The molecular weight excluding hydrogens is 514 g/mol. The van der Waals surface area contributed by atoms with Crippen molar-refractivity contribution in [3.63, 3.8) is 0 Å². The first-order valence-corrected chi connectivity index (χ1v) is 13.4. The minimum absolute atomic E-state index is 0.0204. The van der Waals surface area contributed by atoms with Crippen LogP contribution in [-0.2, 0) is 27.1 Å². The summed E-state index contributed by atoms with van der Waals surface area (Å²) < 4.78 is 111. The smallest absolute Gasteiger partial charge is 0.381 e. The highest BCUT2D eigenvalue weighted by Gasteiger charge is 2.43. The second-order valence-corrected chi connectivity index (χ2v) is 11.3. The fourth-order valence-corrected chi connectivity index (χ4v) is 6.48. The molecule has 204 valence electrons. The molecule has 13 heteroatoms. The lowest BCUT2D eigenvalue weighted by Crippen LogP contribution is -2.60. The summed E-state index contributed by atoms with van der Waals surface area (Å²) in [5, 5.41) is 0. The van der Waals surface area contributed by atoms with Gasteiger partial charge in [-0.15, -0.1) is 0 Å². The average molecular weight is 545 g/mol. The minimum Gasteiger partial charge on any atom is -0.381 e. The van der Waals surface area contributed by atoms with Crippen molar-refractivity contribution < 1.29 is 44.3 Å². The molecule has 0 spiro atoms. The normalized spacial score (nSPS) is 20.4. The lowest BCUT2D eigenvalue weighted by atomic mass is 9.81. The van der Waals surface area contributed by atoms with E-state index in [4.69, 9.17) is 4.74 Å². The Hall–Kier alpha value is -1.70. The fraction of sp³-hybridized carbons (Fsp3) is 0.696. The summed E-state index contributed by atoms with van der Waals surface area (Å²) in [5.74, 6) is -0.833. The average Bonchev–Trinajstić information content (AvgIpc) is 2.82. The molecule has 6 nitrogen and oxygen atoms in total. The van der Waals surface area contributed by atoms with E-state index in [0.717, 1.165) is 0 Å². The van der Waals surface area contributed by atoms with E-state index in [2.05, 4.69) is 4.90 Å². The van der Waals surface area contributed by atoms with Crippen LogP contribution in [0.3, 0.4) is 0 Å². The zero-order valence-corrected chi connectivity index (χ0v) is 20.7. The Bertz CT molecular complexity index is 1030. The van der Waals surface area contributed by atoms with Gasteiger partial charge in [0, 0.05) is 56.9 Å². The molecule has 2 saturated heterocycles. The molecule has 2 fully saturated rings. The highest BCUT2D eigenvalue weighted by Crippen LogP contribution is 2.39. The van der Waals surface area contributed by atoms with Gasteiger partial charge in [0.25, 0.3) is 0 Å². The van der Waals surface area contributed by atoms with Crippen molar-refractivity contribution in [3.8, 4) is 0 Å². The second-order valence-electron chi connectivity index (χ2n) is 9.22. The topological polar surface area (TPSA) is 66.9 Å². The van der Waals surface area contributed by atoms with E-state index < -0.39 is 50.4 Å². The number of sulfonamides is 1. The van der Waals surface area contributed by atoms with E-state index >= 15 is 0 Å². The lowest BCUT2D eigenvalue weighted by Gasteiger charge is -2.49. The molecule has 0 atom stereocenters. The number of alkyl halides is 6. The van der Waals surface area contributed by atoms with Gasteiger partial charge in [0.2, 0.25) is 10.0 Å². The van der Waals surface area contributed by atoms with Crippen molar-refractivity contribution in [2.75, 3.05) is 45.1 Å². The molecule has 0 aliphatic carbocycles. The van der Waals surface area contributed by atoms with E-state index in [1.807, 2.05) is 0 Å². The summed E-state index contributed by atoms with van der Waals surface area (Å²) >= 11 is 0. The van der Waals surface area contributed by atoms with Crippen LogP contribution in [0.4, 0.5) is 26.3 Å². The first-order valence-electron chi connectivity index (χ1n) is 11.8.